The summed E-state index contributed by atoms with van der Waals surface area (Å²) < 4.78 is 12.8. The van der Waals surface area contributed by atoms with Crippen molar-refractivity contribution in [2.45, 2.75) is 13.2 Å². The van der Waals surface area contributed by atoms with E-state index in [0.29, 0.717) is 33.1 Å². The van der Waals surface area contributed by atoms with Gasteiger partial charge in [0.25, 0.3) is 5.91 Å². The Morgan fingerprint density at radius 1 is 1.00 bits per heavy atom. The number of amides is 1. The van der Waals surface area contributed by atoms with Gasteiger partial charge in [-0.05, 0) is 29.8 Å². The van der Waals surface area contributed by atoms with Gasteiger partial charge < -0.3 is 14.5 Å². The van der Waals surface area contributed by atoms with Gasteiger partial charge in [0.15, 0.2) is 11.6 Å². The largest absolute Gasteiger partial charge is 0.484 e. The monoisotopic (exact) mass is 475 g/mol. The minimum Gasteiger partial charge on any atom is -0.484 e. The second-order valence-corrected chi connectivity index (χ2v) is 7.76. The molecule has 0 aliphatic heterocycles. The Morgan fingerprint density at radius 3 is 2.61 bits per heavy atom. The number of benzene rings is 2. The van der Waals surface area contributed by atoms with E-state index < -0.39 is 5.91 Å². The zero-order valence-electron chi connectivity index (χ0n) is 16.0. The molecule has 2 aromatic heterocycles. The van der Waals surface area contributed by atoms with Crippen molar-refractivity contribution in [2.24, 2.45) is 0 Å². The number of anilines is 1. The van der Waals surface area contributed by atoms with E-state index in [1.165, 1.54) is 0 Å². The molecule has 1 amide bonds. The van der Waals surface area contributed by atoms with Crippen LogP contribution < -0.4 is 10.1 Å². The van der Waals surface area contributed by atoms with Crippen LogP contribution >= 0.6 is 34.8 Å². The van der Waals surface area contributed by atoms with E-state index in [9.17, 15) is 4.79 Å². The summed E-state index contributed by atoms with van der Waals surface area (Å²) in [5, 5.41) is 8.02. The molecule has 2 heterocycles. The molecule has 31 heavy (non-hydrogen) atoms. The number of rotatable bonds is 7. The first-order chi connectivity index (χ1) is 15.0. The van der Waals surface area contributed by atoms with Crippen LogP contribution in [0.15, 0.2) is 71.3 Å². The van der Waals surface area contributed by atoms with Crippen LogP contribution in [0.5, 0.6) is 5.75 Å². The Bertz CT molecular complexity index is 1210. The highest BCUT2D eigenvalue weighted by Crippen LogP contribution is 2.32. The van der Waals surface area contributed by atoms with Crippen LogP contribution in [0.1, 0.15) is 21.9 Å². The van der Waals surface area contributed by atoms with Gasteiger partial charge in [0.05, 0.1) is 11.6 Å². The average molecular weight is 477 g/mol. The summed E-state index contributed by atoms with van der Waals surface area (Å²) >= 11 is 18.3. The first-order valence-corrected chi connectivity index (χ1v) is 10.4. The summed E-state index contributed by atoms with van der Waals surface area (Å²) in [5.41, 5.74) is 1.06. The van der Waals surface area contributed by atoms with E-state index in [1.54, 1.807) is 41.2 Å². The number of nitrogens with one attached hydrogen (secondary N) is 1. The Kier molecular flexibility index (Phi) is 6.51. The van der Waals surface area contributed by atoms with Crippen LogP contribution in [-0.4, -0.2) is 15.7 Å². The van der Waals surface area contributed by atoms with Crippen LogP contribution in [0.25, 0.3) is 0 Å². The maximum atomic E-state index is 12.5. The standard InChI is InChI=1S/C22H16Cl3N3O3/c23-16-7-4-8-18(20(16)25)30-13-15-9-10-19(31-15)22(29)26-21-17(24)12-28(27-21)11-14-5-2-1-3-6-14/h1-10,12H,11,13H2,(H,26,27,29). The number of nitrogens with zero attached hydrogens (tertiary/aromatic N) is 2. The van der Waals surface area contributed by atoms with E-state index in [0.717, 1.165) is 5.56 Å². The predicted molar refractivity (Wildman–Crippen MR) is 120 cm³/mol. The molecule has 158 valence electrons. The number of hydrogen-bond donors (Lipinski definition) is 1. The van der Waals surface area contributed by atoms with Crippen LogP contribution in [0.2, 0.25) is 15.1 Å². The van der Waals surface area contributed by atoms with Gasteiger partial charge in [-0.3, -0.25) is 9.48 Å². The van der Waals surface area contributed by atoms with Gasteiger partial charge in [-0.15, -0.1) is 0 Å². The summed E-state index contributed by atoms with van der Waals surface area (Å²) in [6, 6.07) is 18.1. The number of hydrogen-bond acceptors (Lipinski definition) is 4. The number of furan rings is 1. The number of aromatic nitrogens is 2. The molecular weight excluding hydrogens is 461 g/mol. The molecule has 0 saturated carbocycles. The smallest absolute Gasteiger partial charge is 0.292 e. The maximum absolute atomic E-state index is 12.5. The summed E-state index contributed by atoms with van der Waals surface area (Å²) in [7, 11) is 0. The highest BCUT2D eigenvalue weighted by atomic mass is 35.5. The maximum Gasteiger partial charge on any atom is 0.292 e. The molecule has 0 bridgehead atoms. The lowest BCUT2D eigenvalue weighted by Crippen LogP contribution is -2.12. The third-order valence-corrected chi connectivity index (χ3v) is 5.39. The van der Waals surface area contributed by atoms with Gasteiger partial charge in [0, 0.05) is 6.20 Å². The fraction of sp³-hybridized carbons (Fsp3) is 0.0909. The van der Waals surface area contributed by atoms with Crippen LogP contribution in [0.3, 0.4) is 0 Å². The summed E-state index contributed by atoms with van der Waals surface area (Å²) in [6.07, 6.45) is 1.65. The Balaban J connectivity index is 1.38. The second kappa shape index (κ2) is 9.47. The fourth-order valence-corrected chi connectivity index (χ4v) is 3.37. The van der Waals surface area contributed by atoms with Crippen molar-refractivity contribution in [1.82, 2.24) is 9.78 Å². The molecule has 0 saturated heterocycles. The van der Waals surface area contributed by atoms with E-state index in [2.05, 4.69) is 10.4 Å². The van der Waals surface area contributed by atoms with Gasteiger partial charge in [-0.2, -0.15) is 5.10 Å². The lowest BCUT2D eigenvalue weighted by Gasteiger charge is -2.07. The number of ether oxygens (including phenoxy) is 1. The van der Waals surface area contributed by atoms with E-state index in [4.69, 9.17) is 44.0 Å². The lowest BCUT2D eigenvalue weighted by atomic mass is 10.2. The molecule has 0 spiro atoms. The van der Waals surface area contributed by atoms with Crippen LogP contribution in [0.4, 0.5) is 5.82 Å². The molecule has 0 aliphatic rings. The summed E-state index contributed by atoms with van der Waals surface area (Å²) in [6.45, 7) is 0.616. The minimum absolute atomic E-state index is 0.0831. The van der Waals surface area contributed by atoms with Gasteiger partial charge in [-0.25, -0.2) is 0 Å². The average Bonchev–Trinajstić information content (AvgIpc) is 3.37. The molecule has 4 aromatic rings. The molecule has 9 heteroatoms. The van der Waals surface area contributed by atoms with Crippen molar-refractivity contribution in [2.75, 3.05) is 5.32 Å². The Hall–Kier alpha value is -2.93. The number of carbonyl (C=O) groups is 1. The SMILES string of the molecule is O=C(Nc1nn(Cc2ccccc2)cc1Cl)c1ccc(COc2cccc(Cl)c2Cl)o1. The minimum atomic E-state index is -0.473. The fourth-order valence-electron chi connectivity index (χ4n) is 2.82. The third-order valence-electron chi connectivity index (χ3n) is 4.31. The van der Waals surface area contributed by atoms with Crippen molar-refractivity contribution in [1.29, 1.82) is 0 Å². The Morgan fingerprint density at radius 2 is 1.81 bits per heavy atom. The summed E-state index contributed by atoms with van der Waals surface area (Å²) in [5.74, 6) is 0.750. The quantitative estimate of drug-likeness (QED) is 0.339. The summed E-state index contributed by atoms with van der Waals surface area (Å²) in [4.78, 5) is 12.5. The lowest BCUT2D eigenvalue weighted by molar-refractivity contribution is 0.0992. The normalized spacial score (nSPS) is 10.8. The molecule has 0 unspecified atom stereocenters. The number of halogens is 3. The predicted octanol–water partition coefficient (Wildman–Crippen LogP) is 6.32. The molecular formula is C22H16Cl3N3O3. The van der Waals surface area contributed by atoms with Crippen molar-refractivity contribution in [3.05, 3.63) is 99.0 Å². The number of carbonyl (C=O) groups excluding carboxylic acids is 1. The van der Waals surface area contributed by atoms with Gasteiger partial charge in [0.2, 0.25) is 0 Å². The van der Waals surface area contributed by atoms with Crippen LogP contribution in [0, 0.1) is 0 Å². The van der Waals surface area contributed by atoms with Crippen molar-refractivity contribution in [3.63, 3.8) is 0 Å². The van der Waals surface area contributed by atoms with Crippen LogP contribution in [-0.2, 0) is 13.2 Å². The highest BCUT2D eigenvalue weighted by Gasteiger charge is 2.16. The highest BCUT2D eigenvalue weighted by molar-refractivity contribution is 6.42. The van der Waals surface area contributed by atoms with Crippen molar-refractivity contribution in [3.8, 4) is 5.75 Å². The van der Waals surface area contributed by atoms with Gasteiger partial charge >= 0.3 is 0 Å². The van der Waals surface area contributed by atoms with E-state index in [1.807, 2.05) is 30.3 Å². The molecule has 4 rings (SSSR count). The van der Waals surface area contributed by atoms with E-state index in [-0.39, 0.29) is 18.2 Å². The molecule has 2 aromatic carbocycles. The first kappa shape index (κ1) is 21.3. The molecule has 0 atom stereocenters. The first-order valence-electron chi connectivity index (χ1n) is 9.23. The van der Waals surface area contributed by atoms with E-state index >= 15 is 0 Å². The molecule has 6 nitrogen and oxygen atoms in total. The zero-order chi connectivity index (χ0) is 21.8. The molecule has 1 N–H and O–H groups in total. The van der Waals surface area contributed by atoms with Gasteiger partial charge in [-0.1, -0.05) is 71.2 Å². The van der Waals surface area contributed by atoms with Crippen molar-refractivity contribution >= 4 is 46.5 Å². The molecule has 0 fully saturated rings. The van der Waals surface area contributed by atoms with Crippen molar-refractivity contribution < 1.29 is 13.9 Å². The second-order valence-electron chi connectivity index (χ2n) is 6.57. The van der Waals surface area contributed by atoms with Gasteiger partial charge in [0.1, 0.15) is 28.2 Å². The Labute approximate surface area is 193 Å². The molecule has 0 aliphatic carbocycles. The third kappa shape index (κ3) is 5.22. The molecule has 0 radical (unpaired) electrons. The zero-order valence-corrected chi connectivity index (χ0v) is 18.3. The topological polar surface area (TPSA) is 69.3 Å².